The Kier molecular flexibility index (Phi) is 6.31. The van der Waals surface area contributed by atoms with Gasteiger partial charge in [-0.2, -0.15) is 0 Å². The lowest BCUT2D eigenvalue weighted by Gasteiger charge is -2.09. The van der Waals surface area contributed by atoms with Gasteiger partial charge in [0.25, 0.3) is 0 Å². The molecule has 0 radical (unpaired) electrons. The van der Waals surface area contributed by atoms with Crippen LogP contribution in [-0.4, -0.2) is 28.3 Å². The molecular formula is C19H17Cl2N3O2S. The number of anilines is 1. The highest BCUT2D eigenvalue weighted by Gasteiger charge is 2.13. The van der Waals surface area contributed by atoms with Crippen molar-refractivity contribution in [1.82, 2.24) is 9.55 Å². The lowest BCUT2D eigenvalue weighted by Crippen LogP contribution is -2.14. The highest BCUT2D eigenvalue weighted by Crippen LogP contribution is 2.30. The molecule has 0 saturated heterocycles. The standard InChI is InChI=1S/C19H17Cl2N3O2S/c1-24-16(12-6-8-13(26-2)9-7-12)10-22-19(24)27-11-17(25)23-15-5-3-4-14(20)18(15)21/h3-10H,11H2,1-2H3,(H,23,25). The molecule has 5 nitrogen and oxygen atoms in total. The third-order valence-corrected chi connectivity index (χ3v) is 5.75. The van der Waals surface area contributed by atoms with Gasteiger partial charge in [-0.25, -0.2) is 4.98 Å². The fraction of sp³-hybridized carbons (Fsp3) is 0.158. The van der Waals surface area contributed by atoms with E-state index in [1.807, 2.05) is 35.9 Å². The third kappa shape index (κ3) is 4.58. The topological polar surface area (TPSA) is 56.1 Å². The number of ether oxygens (including phenoxy) is 1. The Balaban J connectivity index is 1.65. The number of halogens is 2. The summed E-state index contributed by atoms with van der Waals surface area (Å²) in [6.07, 6.45) is 1.79. The van der Waals surface area contributed by atoms with E-state index >= 15 is 0 Å². The van der Waals surface area contributed by atoms with Gasteiger partial charge in [0.2, 0.25) is 5.91 Å². The summed E-state index contributed by atoms with van der Waals surface area (Å²) in [4.78, 5) is 16.6. The Labute approximate surface area is 171 Å². The van der Waals surface area contributed by atoms with Crippen LogP contribution in [0.1, 0.15) is 0 Å². The van der Waals surface area contributed by atoms with Gasteiger partial charge in [0.1, 0.15) is 5.75 Å². The molecule has 0 spiro atoms. The molecule has 3 aromatic rings. The zero-order chi connectivity index (χ0) is 19.4. The van der Waals surface area contributed by atoms with E-state index in [1.165, 1.54) is 11.8 Å². The van der Waals surface area contributed by atoms with Gasteiger partial charge >= 0.3 is 0 Å². The number of methoxy groups -OCH3 is 1. The first kappa shape index (κ1) is 19.6. The minimum Gasteiger partial charge on any atom is -0.497 e. The fourth-order valence-electron chi connectivity index (χ4n) is 2.47. The van der Waals surface area contributed by atoms with Gasteiger partial charge < -0.3 is 14.6 Å². The molecule has 1 heterocycles. The number of hydrogen-bond donors (Lipinski definition) is 1. The summed E-state index contributed by atoms with van der Waals surface area (Å²) in [6.45, 7) is 0. The quantitative estimate of drug-likeness (QED) is 0.560. The number of nitrogens with zero attached hydrogens (tertiary/aromatic N) is 2. The molecule has 0 saturated carbocycles. The van der Waals surface area contributed by atoms with Crippen LogP contribution >= 0.6 is 35.0 Å². The Morgan fingerprint density at radius 3 is 2.67 bits per heavy atom. The van der Waals surface area contributed by atoms with Crippen molar-refractivity contribution in [2.75, 3.05) is 18.2 Å². The first-order valence-corrected chi connectivity index (χ1v) is 9.76. The van der Waals surface area contributed by atoms with Crippen molar-refractivity contribution < 1.29 is 9.53 Å². The summed E-state index contributed by atoms with van der Waals surface area (Å²) >= 11 is 13.4. The third-order valence-electron chi connectivity index (χ3n) is 3.89. The molecule has 1 N–H and O–H groups in total. The minimum absolute atomic E-state index is 0.182. The van der Waals surface area contributed by atoms with Crippen LogP contribution in [0.3, 0.4) is 0 Å². The molecule has 0 aliphatic carbocycles. The van der Waals surface area contributed by atoms with Gasteiger partial charge in [0.15, 0.2) is 5.16 Å². The van der Waals surface area contributed by atoms with Gasteiger partial charge in [0, 0.05) is 12.6 Å². The molecule has 0 unspecified atom stereocenters. The number of hydrogen-bond acceptors (Lipinski definition) is 4. The zero-order valence-corrected chi connectivity index (χ0v) is 17.0. The zero-order valence-electron chi connectivity index (χ0n) is 14.7. The van der Waals surface area contributed by atoms with Crippen LogP contribution in [0.15, 0.2) is 53.8 Å². The molecular weight excluding hydrogens is 405 g/mol. The number of imidazole rings is 1. The maximum Gasteiger partial charge on any atom is 0.234 e. The number of thioether (sulfide) groups is 1. The molecule has 0 fully saturated rings. The summed E-state index contributed by atoms with van der Waals surface area (Å²) in [5, 5.41) is 4.24. The van der Waals surface area contributed by atoms with E-state index in [0.717, 1.165) is 22.2 Å². The van der Waals surface area contributed by atoms with E-state index in [0.29, 0.717) is 15.7 Å². The predicted molar refractivity (Wildman–Crippen MR) is 111 cm³/mol. The van der Waals surface area contributed by atoms with Crippen LogP contribution < -0.4 is 10.1 Å². The number of benzene rings is 2. The number of rotatable bonds is 6. The van der Waals surface area contributed by atoms with Crippen molar-refractivity contribution in [3.8, 4) is 17.0 Å². The number of nitrogens with one attached hydrogen (secondary N) is 1. The Morgan fingerprint density at radius 2 is 1.96 bits per heavy atom. The largest absolute Gasteiger partial charge is 0.497 e. The lowest BCUT2D eigenvalue weighted by atomic mass is 10.1. The van der Waals surface area contributed by atoms with E-state index in [9.17, 15) is 4.79 Å². The molecule has 0 atom stereocenters. The maximum atomic E-state index is 12.2. The number of amides is 1. The fourth-order valence-corrected chi connectivity index (χ4v) is 3.57. The van der Waals surface area contributed by atoms with E-state index in [-0.39, 0.29) is 11.7 Å². The van der Waals surface area contributed by atoms with E-state index in [4.69, 9.17) is 27.9 Å². The summed E-state index contributed by atoms with van der Waals surface area (Å²) in [5.74, 6) is 0.820. The smallest absolute Gasteiger partial charge is 0.234 e. The highest BCUT2D eigenvalue weighted by atomic mass is 35.5. The van der Waals surface area contributed by atoms with E-state index in [2.05, 4.69) is 10.3 Å². The second kappa shape index (κ2) is 8.69. The van der Waals surface area contributed by atoms with Crippen LogP contribution in [0.5, 0.6) is 5.75 Å². The summed E-state index contributed by atoms with van der Waals surface area (Å²) in [6, 6.07) is 12.9. The van der Waals surface area contributed by atoms with E-state index < -0.39 is 0 Å². The molecule has 27 heavy (non-hydrogen) atoms. The van der Waals surface area contributed by atoms with Gasteiger partial charge in [0.05, 0.1) is 40.5 Å². The SMILES string of the molecule is COc1ccc(-c2cnc(SCC(=O)Nc3cccc(Cl)c3Cl)n2C)cc1. The molecule has 3 rings (SSSR count). The lowest BCUT2D eigenvalue weighted by molar-refractivity contribution is -0.113. The van der Waals surface area contributed by atoms with Gasteiger partial charge in [-0.3, -0.25) is 4.79 Å². The van der Waals surface area contributed by atoms with Gasteiger partial charge in [-0.1, -0.05) is 41.0 Å². The monoisotopic (exact) mass is 421 g/mol. The molecule has 0 aliphatic heterocycles. The second-order valence-electron chi connectivity index (χ2n) is 5.65. The Hall–Kier alpha value is -2.15. The highest BCUT2D eigenvalue weighted by molar-refractivity contribution is 7.99. The average Bonchev–Trinajstić information content (AvgIpc) is 3.04. The molecule has 0 bridgehead atoms. The maximum absolute atomic E-state index is 12.2. The van der Waals surface area contributed by atoms with Crippen LogP contribution in [0.2, 0.25) is 10.0 Å². The minimum atomic E-state index is -0.182. The number of carbonyl (C=O) groups is 1. The van der Waals surface area contributed by atoms with Crippen molar-refractivity contribution >= 4 is 46.6 Å². The van der Waals surface area contributed by atoms with Crippen molar-refractivity contribution in [2.24, 2.45) is 7.05 Å². The van der Waals surface area contributed by atoms with Crippen molar-refractivity contribution in [2.45, 2.75) is 5.16 Å². The van der Waals surface area contributed by atoms with Crippen LogP contribution in [0.25, 0.3) is 11.3 Å². The molecule has 1 amide bonds. The van der Waals surface area contributed by atoms with E-state index in [1.54, 1.807) is 31.5 Å². The van der Waals surface area contributed by atoms with Crippen molar-refractivity contribution in [3.05, 3.63) is 58.7 Å². The Morgan fingerprint density at radius 1 is 1.22 bits per heavy atom. The first-order chi connectivity index (χ1) is 13.0. The first-order valence-electron chi connectivity index (χ1n) is 8.02. The summed E-state index contributed by atoms with van der Waals surface area (Å²) < 4.78 is 7.13. The molecule has 1 aromatic heterocycles. The molecule has 8 heteroatoms. The van der Waals surface area contributed by atoms with Crippen LogP contribution in [-0.2, 0) is 11.8 Å². The van der Waals surface area contributed by atoms with Crippen molar-refractivity contribution in [1.29, 1.82) is 0 Å². The average molecular weight is 422 g/mol. The molecule has 2 aromatic carbocycles. The summed E-state index contributed by atoms with van der Waals surface area (Å²) in [7, 11) is 3.55. The van der Waals surface area contributed by atoms with Gasteiger partial charge in [-0.15, -0.1) is 0 Å². The second-order valence-corrected chi connectivity index (χ2v) is 7.38. The summed E-state index contributed by atoms with van der Waals surface area (Å²) in [5.41, 5.74) is 2.47. The Bertz CT molecular complexity index is 958. The van der Waals surface area contributed by atoms with Crippen LogP contribution in [0, 0.1) is 0 Å². The van der Waals surface area contributed by atoms with Crippen molar-refractivity contribution in [3.63, 3.8) is 0 Å². The normalized spacial score (nSPS) is 10.7. The molecule has 0 aliphatic rings. The predicted octanol–water partition coefficient (Wildman–Crippen LogP) is 5.13. The number of aromatic nitrogens is 2. The van der Waals surface area contributed by atoms with Crippen LogP contribution in [0.4, 0.5) is 5.69 Å². The number of carbonyl (C=O) groups excluding carboxylic acids is 1. The molecule has 140 valence electrons. The van der Waals surface area contributed by atoms with Gasteiger partial charge in [-0.05, 0) is 36.4 Å².